The maximum absolute atomic E-state index is 8.64. The van der Waals surface area contributed by atoms with Crippen LogP contribution in [0.5, 0.6) is 0 Å². The molecule has 1 heterocycles. The van der Waals surface area contributed by atoms with E-state index >= 15 is 0 Å². The van der Waals surface area contributed by atoms with E-state index in [9.17, 15) is 0 Å². The lowest BCUT2D eigenvalue weighted by atomic mass is 10.2. The first-order chi connectivity index (χ1) is 6.54. The zero-order chi connectivity index (χ0) is 10.7. The van der Waals surface area contributed by atoms with Gasteiger partial charge in [0.1, 0.15) is 11.5 Å². The van der Waals surface area contributed by atoms with Crippen LogP contribution >= 0.6 is 0 Å². The van der Waals surface area contributed by atoms with Gasteiger partial charge in [-0.1, -0.05) is 5.16 Å². The smallest absolute Gasteiger partial charge is 0.118 e. The lowest BCUT2D eigenvalue weighted by Crippen LogP contribution is -2.09. The second-order valence-corrected chi connectivity index (χ2v) is 3.61. The molecule has 0 radical (unpaired) electrons. The fraction of sp³-hybridized carbons (Fsp3) is 0.500. The van der Waals surface area contributed by atoms with E-state index in [0.29, 0.717) is 5.71 Å². The third-order valence-electron chi connectivity index (χ3n) is 1.98. The number of oxime groups is 1. The highest BCUT2D eigenvalue weighted by Gasteiger charge is 2.10. The van der Waals surface area contributed by atoms with Crippen molar-refractivity contribution in [2.75, 3.05) is 14.1 Å². The van der Waals surface area contributed by atoms with Crippen molar-refractivity contribution in [1.82, 2.24) is 4.90 Å². The molecule has 78 valence electrons. The summed E-state index contributed by atoms with van der Waals surface area (Å²) >= 11 is 0. The second kappa shape index (κ2) is 4.28. The van der Waals surface area contributed by atoms with Gasteiger partial charge in [-0.3, -0.25) is 0 Å². The molecule has 0 saturated carbocycles. The van der Waals surface area contributed by atoms with E-state index in [1.807, 2.05) is 32.0 Å². The quantitative estimate of drug-likeness (QED) is 0.456. The van der Waals surface area contributed by atoms with Crippen molar-refractivity contribution in [3.63, 3.8) is 0 Å². The van der Waals surface area contributed by atoms with Gasteiger partial charge >= 0.3 is 0 Å². The number of hydrogen-bond acceptors (Lipinski definition) is 4. The minimum atomic E-state index is 0.580. The summed E-state index contributed by atoms with van der Waals surface area (Å²) in [4.78, 5) is 2.02. The second-order valence-electron chi connectivity index (χ2n) is 3.61. The van der Waals surface area contributed by atoms with E-state index in [1.54, 1.807) is 6.92 Å². The Morgan fingerprint density at radius 1 is 1.57 bits per heavy atom. The van der Waals surface area contributed by atoms with E-state index in [4.69, 9.17) is 9.62 Å². The molecule has 0 aliphatic rings. The van der Waals surface area contributed by atoms with E-state index in [0.717, 1.165) is 23.6 Å². The first-order valence-corrected chi connectivity index (χ1v) is 4.47. The Kier molecular flexibility index (Phi) is 3.30. The van der Waals surface area contributed by atoms with Crippen molar-refractivity contribution in [3.05, 3.63) is 23.2 Å². The van der Waals surface area contributed by atoms with Gasteiger partial charge in [0.25, 0.3) is 0 Å². The van der Waals surface area contributed by atoms with Crippen LogP contribution in [0.3, 0.4) is 0 Å². The van der Waals surface area contributed by atoms with E-state index in [2.05, 4.69) is 5.16 Å². The van der Waals surface area contributed by atoms with Gasteiger partial charge in [0, 0.05) is 5.56 Å². The first-order valence-electron chi connectivity index (χ1n) is 4.47. The average molecular weight is 196 g/mol. The van der Waals surface area contributed by atoms with Crippen LogP contribution in [-0.2, 0) is 6.54 Å². The lowest BCUT2D eigenvalue weighted by Gasteiger charge is -2.05. The number of hydrogen-bond donors (Lipinski definition) is 1. The summed E-state index contributed by atoms with van der Waals surface area (Å²) < 4.78 is 5.51. The molecule has 1 rings (SSSR count). The van der Waals surface area contributed by atoms with Crippen LogP contribution in [0.15, 0.2) is 15.6 Å². The molecule has 0 amide bonds. The molecule has 1 N–H and O–H groups in total. The fourth-order valence-electron chi connectivity index (χ4n) is 1.35. The molecule has 14 heavy (non-hydrogen) atoms. The van der Waals surface area contributed by atoms with Crippen LogP contribution in [0.25, 0.3) is 0 Å². The summed E-state index contributed by atoms with van der Waals surface area (Å²) in [5, 5.41) is 11.8. The monoisotopic (exact) mass is 196 g/mol. The molecule has 0 spiro atoms. The van der Waals surface area contributed by atoms with E-state index < -0.39 is 0 Å². The van der Waals surface area contributed by atoms with Gasteiger partial charge in [0.15, 0.2) is 0 Å². The first kappa shape index (κ1) is 10.8. The number of rotatable bonds is 3. The Morgan fingerprint density at radius 3 is 2.71 bits per heavy atom. The number of furan rings is 1. The Labute approximate surface area is 83.8 Å². The third-order valence-corrected chi connectivity index (χ3v) is 1.98. The summed E-state index contributed by atoms with van der Waals surface area (Å²) in [7, 11) is 3.95. The topological polar surface area (TPSA) is 49.0 Å². The van der Waals surface area contributed by atoms with Crippen molar-refractivity contribution in [1.29, 1.82) is 0 Å². The van der Waals surface area contributed by atoms with Crippen LogP contribution in [-0.4, -0.2) is 29.9 Å². The predicted octanol–water partition coefficient (Wildman–Crippen LogP) is 1.85. The molecular weight excluding hydrogens is 180 g/mol. The van der Waals surface area contributed by atoms with Gasteiger partial charge in [0.2, 0.25) is 0 Å². The van der Waals surface area contributed by atoms with Crippen LogP contribution in [0.2, 0.25) is 0 Å². The maximum atomic E-state index is 8.64. The highest BCUT2D eigenvalue weighted by Crippen LogP contribution is 2.16. The average Bonchev–Trinajstić information content (AvgIpc) is 2.44. The Hall–Kier alpha value is -1.29. The molecule has 0 aromatic carbocycles. The number of aryl methyl sites for hydroxylation is 1. The molecule has 0 saturated heterocycles. The zero-order valence-corrected chi connectivity index (χ0v) is 9.03. The Bertz CT molecular complexity index is 340. The Balaban J connectivity index is 2.93. The van der Waals surface area contributed by atoms with Gasteiger partial charge in [-0.25, -0.2) is 0 Å². The Morgan fingerprint density at radius 2 is 2.21 bits per heavy atom. The molecule has 0 fully saturated rings. The zero-order valence-electron chi connectivity index (χ0n) is 9.03. The molecule has 1 aromatic heterocycles. The molecule has 4 nitrogen and oxygen atoms in total. The van der Waals surface area contributed by atoms with Crippen LogP contribution in [0, 0.1) is 6.92 Å². The SMILES string of the molecule is C/C(=N/O)c1cc(CN(C)C)oc1C. The molecule has 1 aromatic rings. The fourth-order valence-corrected chi connectivity index (χ4v) is 1.35. The van der Waals surface area contributed by atoms with Crippen LogP contribution < -0.4 is 0 Å². The molecule has 0 aliphatic heterocycles. The molecule has 4 heteroatoms. The molecule has 0 atom stereocenters. The normalized spacial score (nSPS) is 12.5. The highest BCUT2D eigenvalue weighted by atomic mass is 16.4. The standard InChI is InChI=1S/C10H16N2O2/c1-7(11-13)10-5-9(6-12(3)4)14-8(10)2/h5,13H,6H2,1-4H3/b11-7-. The summed E-state index contributed by atoms with van der Waals surface area (Å²) in [5.74, 6) is 1.67. The summed E-state index contributed by atoms with van der Waals surface area (Å²) in [6.45, 7) is 4.36. The van der Waals surface area contributed by atoms with Crippen molar-refractivity contribution in [2.24, 2.45) is 5.16 Å². The highest BCUT2D eigenvalue weighted by molar-refractivity contribution is 5.99. The lowest BCUT2D eigenvalue weighted by molar-refractivity contribution is 0.319. The van der Waals surface area contributed by atoms with Crippen LogP contribution in [0.4, 0.5) is 0 Å². The molecular formula is C10H16N2O2. The van der Waals surface area contributed by atoms with Crippen molar-refractivity contribution < 1.29 is 9.62 Å². The molecule has 0 aliphatic carbocycles. The maximum Gasteiger partial charge on any atom is 0.118 e. The van der Waals surface area contributed by atoms with E-state index in [-0.39, 0.29) is 0 Å². The van der Waals surface area contributed by atoms with Gasteiger partial charge in [-0.2, -0.15) is 0 Å². The molecule has 0 bridgehead atoms. The summed E-state index contributed by atoms with van der Waals surface area (Å²) in [6.07, 6.45) is 0. The predicted molar refractivity (Wildman–Crippen MR) is 54.8 cm³/mol. The van der Waals surface area contributed by atoms with E-state index in [1.165, 1.54) is 0 Å². The van der Waals surface area contributed by atoms with Gasteiger partial charge in [-0.15, -0.1) is 0 Å². The van der Waals surface area contributed by atoms with Gasteiger partial charge < -0.3 is 14.5 Å². The van der Waals surface area contributed by atoms with Crippen molar-refractivity contribution in [2.45, 2.75) is 20.4 Å². The summed E-state index contributed by atoms with van der Waals surface area (Å²) in [5.41, 5.74) is 1.45. The third kappa shape index (κ3) is 2.35. The van der Waals surface area contributed by atoms with Crippen molar-refractivity contribution >= 4 is 5.71 Å². The van der Waals surface area contributed by atoms with Gasteiger partial charge in [-0.05, 0) is 34.0 Å². The largest absolute Gasteiger partial charge is 0.464 e. The molecule has 0 unspecified atom stereocenters. The van der Waals surface area contributed by atoms with Gasteiger partial charge in [0.05, 0.1) is 12.3 Å². The minimum absolute atomic E-state index is 0.580. The van der Waals surface area contributed by atoms with Crippen molar-refractivity contribution in [3.8, 4) is 0 Å². The number of nitrogens with zero attached hydrogens (tertiary/aromatic N) is 2. The van der Waals surface area contributed by atoms with Crippen LogP contribution in [0.1, 0.15) is 24.0 Å². The minimum Gasteiger partial charge on any atom is -0.464 e. The summed E-state index contributed by atoms with van der Waals surface area (Å²) in [6, 6.07) is 1.91.